The van der Waals surface area contributed by atoms with Crippen LogP contribution in [-0.2, 0) is 12.8 Å². The third-order valence-electron chi connectivity index (χ3n) is 6.62. The first-order valence-corrected chi connectivity index (χ1v) is 10.0. The SMILES string of the molecule is c1ccc2c(c1)Cc1cc3cc4c(cc3cc1-2)Cc1cc2ccccc2cc1-4. The summed E-state index contributed by atoms with van der Waals surface area (Å²) < 4.78 is 0. The highest BCUT2D eigenvalue weighted by molar-refractivity contribution is 5.99. The lowest BCUT2D eigenvalue weighted by Crippen LogP contribution is -1.85. The Morgan fingerprint density at radius 2 is 0.821 bits per heavy atom. The van der Waals surface area contributed by atoms with E-state index in [0.29, 0.717) is 0 Å². The van der Waals surface area contributed by atoms with Crippen molar-refractivity contribution in [3.8, 4) is 22.3 Å². The molecule has 28 heavy (non-hydrogen) atoms. The third-order valence-corrected chi connectivity index (χ3v) is 6.62. The van der Waals surface area contributed by atoms with Crippen molar-refractivity contribution in [1.29, 1.82) is 0 Å². The lowest BCUT2D eigenvalue weighted by atomic mass is 9.95. The van der Waals surface area contributed by atoms with Gasteiger partial charge in [0.25, 0.3) is 0 Å². The zero-order valence-electron chi connectivity index (χ0n) is 15.5. The van der Waals surface area contributed by atoms with Crippen molar-refractivity contribution < 1.29 is 0 Å². The van der Waals surface area contributed by atoms with E-state index in [-0.39, 0.29) is 0 Å². The van der Waals surface area contributed by atoms with Crippen LogP contribution >= 0.6 is 0 Å². The molecule has 0 nitrogen and oxygen atoms in total. The highest BCUT2D eigenvalue weighted by atomic mass is 14.3. The predicted molar refractivity (Wildman–Crippen MR) is 118 cm³/mol. The van der Waals surface area contributed by atoms with E-state index in [1.807, 2.05) is 0 Å². The van der Waals surface area contributed by atoms with Gasteiger partial charge in [0.1, 0.15) is 0 Å². The van der Waals surface area contributed by atoms with E-state index in [1.54, 1.807) is 0 Å². The van der Waals surface area contributed by atoms with Gasteiger partial charge in [-0.05, 0) is 97.1 Å². The zero-order chi connectivity index (χ0) is 18.2. The molecule has 0 aliphatic heterocycles. The predicted octanol–water partition coefficient (Wildman–Crippen LogP) is 7.14. The van der Waals surface area contributed by atoms with Gasteiger partial charge >= 0.3 is 0 Å². The van der Waals surface area contributed by atoms with Crippen LogP contribution in [0.3, 0.4) is 0 Å². The molecular weight excluding hydrogens is 336 g/mol. The Kier molecular flexibility index (Phi) is 2.67. The summed E-state index contributed by atoms with van der Waals surface area (Å²) in [5.41, 5.74) is 11.5. The molecule has 2 aliphatic carbocycles. The van der Waals surface area contributed by atoms with Gasteiger partial charge in [0.05, 0.1) is 0 Å². The second kappa shape index (κ2) is 5.11. The highest BCUT2D eigenvalue weighted by Crippen LogP contribution is 2.44. The van der Waals surface area contributed by atoms with Gasteiger partial charge in [0.15, 0.2) is 0 Å². The molecule has 0 amide bonds. The second-order valence-electron chi connectivity index (χ2n) is 8.23. The van der Waals surface area contributed by atoms with E-state index in [4.69, 9.17) is 0 Å². The monoisotopic (exact) mass is 354 g/mol. The van der Waals surface area contributed by atoms with Crippen LogP contribution in [0.4, 0.5) is 0 Å². The van der Waals surface area contributed by atoms with Gasteiger partial charge in [0, 0.05) is 0 Å². The summed E-state index contributed by atoms with van der Waals surface area (Å²) in [6.45, 7) is 0. The summed E-state index contributed by atoms with van der Waals surface area (Å²) >= 11 is 0. The number of benzene rings is 5. The van der Waals surface area contributed by atoms with Crippen molar-refractivity contribution in [1.82, 2.24) is 0 Å². The van der Waals surface area contributed by atoms with E-state index in [2.05, 4.69) is 84.9 Å². The van der Waals surface area contributed by atoms with Crippen molar-refractivity contribution in [2.24, 2.45) is 0 Å². The fourth-order valence-electron chi connectivity index (χ4n) is 5.27. The largest absolute Gasteiger partial charge is 0.0619 e. The fourth-order valence-corrected chi connectivity index (χ4v) is 5.27. The van der Waals surface area contributed by atoms with Gasteiger partial charge < -0.3 is 0 Å². The zero-order valence-corrected chi connectivity index (χ0v) is 15.5. The Morgan fingerprint density at radius 1 is 0.357 bits per heavy atom. The molecule has 0 fully saturated rings. The number of hydrogen-bond donors (Lipinski definition) is 0. The molecule has 0 bridgehead atoms. The maximum atomic E-state index is 2.43. The summed E-state index contributed by atoms with van der Waals surface area (Å²) in [7, 11) is 0. The molecule has 0 aromatic heterocycles. The van der Waals surface area contributed by atoms with Gasteiger partial charge in [-0.25, -0.2) is 0 Å². The number of fused-ring (bicyclic) bond motifs is 8. The van der Waals surface area contributed by atoms with Crippen LogP contribution in [0.25, 0.3) is 43.8 Å². The lowest BCUT2D eigenvalue weighted by Gasteiger charge is -2.08. The molecule has 2 aliphatic rings. The summed E-state index contributed by atoms with van der Waals surface area (Å²) in [5.74, 6) is 0. The van der Waals surface area contributed by atoms with Crippen LogP contribution < -0.4 is 0 Å². The minimum Gasteiger partial charge on any atom is -0.0619 e. The summed E-state index contributed by atoms with van der Waals surface area (Å²) in [5, 5.41) is 5.41. The minimum absolute atomic E-state index is 1.04. The van der Waals surface area contributed by atoms with E-state index >= 15 is 0 Å². The molecular formula is C28H18. The van der Waals surface area contributed by atoms with E-state index in [9.17, 15) is 0 Å². The van der Waals surface area contributed by atoms with Crippen molar-refractivity contribution in [3.63, 3.8) is 0 Å². The topological polar surface area (TPSA) is 0 Å². The normalized spacial score (nSPS) is 13.4. The molecule has 0 saturated heterocycles. The van der Waals surface area contributed by atoms with Crippen LogP contribution in [0.5, 0.6) is 0 Å². The Balaban J connectivity index is 1.46. The van der Waals surface area contributed by atoms with Gasteiger partial charge in [-0.3, -0.25) is 0 Å². The van der Waals surface area contributed by atoms with Crippen molar-refractivity contribution in [2.75, 3.05) is 0 Å². The van der Waals surface area contributed by atoms with Crippen LogP contribution in [-0.4, -0.2) is 0 Å². The average molecular weight is 354 g/mol. The Bertz CT molecular complexity index is 1450. The average Bonchev–Trinajstić information content (AvgIpc) is 3.25. The Morgan fingerprint density at radius 3 is 1.54 bits per heavy atom. The Labute approximate surface area is 164 Å². The first-order chi connectivity index (χ1) is 13.8. The number of hydrogen-bond acceptors (Lipinski definition) is 0. The maximum Gasteiger partial charge on any atom is -0.00130 e. The fraction of sp³-hybridized carbons (Fsp3) is 0.0714. The third kappa shape index (κ3) is 1.90. The quantitative estimate of drug-likeness (QED) is 0.272. The molecule has 5 aromatic rings. The molecule has 130 valence electrons. The van der Waals surface area contributed by atoms with Gasteiger partial charge in [-0.2, -0.15) is 0 Å². The molecule has 0 saturated carbocycles. The first-order valence-electron chi connectivity index (χ1n) is 10.0. The molecule has 0 heteroatoms. The molecule has 0 atom stereocenters. The molecule has 0 heterocycles. The molecule has 7 rings (SSSR count). The van der Waals surface area contributed by atoms with Crippen molar-refractivity contribution in [3.05, 3.63) is 107 Å². The molecule has 0 unspecified atom stereocenters. The van der Waals surface area contributed by atoms with Crippen LogP contribution in [0.1, 0.15) is 22.3 Å². The van der Waals surface area contributed by atoms with E-state index in [0.717, 1.165) is 12.8 Å². The molecule has 0 spiro atoms. The summed E-state index contributed by atoms with van der Waals surface area (Å²) in [6.07, 6.45) is 2.10. The smallest absolute Gasteiger partial charge is 0.00130 e. The first kappa shape index (κ1) is 14.6. The van der Waals surface area contributed by atoms with Crippen molar-refractivity contribution >= 4 is 21.5 Å². The molecule has 0 N–H and O–H groups in total. The van der Waals surface area contributed by atoms with E-state index < -0.39 is 0 Å². The summed E-state index contributed by atoms with van der Waals surface area (Å²) in [4.78, 5) is 0. The highest BCUT2D eigenvalue weighted by Gasteiger charge is 2.22. The second-order valence-corrected chi connectivity index (χ2v) is 8.23. The van der Waals surface area contributed by atoms with Crippen LogP contribution in [0.2, 0.25) is 0 Å². The Hall–Kier alpha value is -3.38. The minimum atomic E-state index is 1.04. The van der Waals surface area contributed by atoms with Gasteiger partial charge in [-0.15, -0.1) is 0 Å². The van der Waals surface area contributed by atoms with Crippen molar-refractivity contribution in [2.45, 2.75) is 12.8 Å². The van der Waals surface area contributed by atoms with Crippen LogP contribution in [0, 0.1) is 0 Å². The standard InChI is InChI=1S/C28H18/c1-2-6-18-14-27-22(9-17(18)5-1)13-24-12-20-15-26-23(11-21(20)16-28(24)27)10-19-7-3-4-8-25(19)26/h1-9,11-12,14-16H,10,13H2. The van der Waals surface area contributed by atoms with Crippen LogP contribution in [0.15, 0.2) is 84.9 Å². The maximum absolute atomic E-state index is 2.43. The number of rotatable bonds is 0. The summed E-state index contributed by atoms with van der Waals surface area (Å²) in [6, 6.07) is 32.0. The lowest BCUT2D eigenvalue weighted by molar-refractivity contribution is 1.26. The van der Waals surface area contributed by atoms with E-state index in [1.165, 1.54) is 66.1 Å². The van der Waals surface area contributed by atoms with Gasteiger partial charge in [-0.1, -0.05) is 66.7 Å². The van der Waals surface area contributed by atoms with Gasteiger partial charge in [0.2, 0.25) is 0 Å². The molecule has 0 radical (unpaired) electrons. The molecule has 5 aromatic carbocycles.